The van der Waals surface area contributed by atoms with Gasteiger partial charge in [-0.05, 0) is 86.8 Å². The number of aromatic amines is 1. The number of rotatable bonds is 8. The molecule has 30 heavy (non-hydrogen) atoms. The molecule has 2 N–H and O–H groups in total. The van der Waals surface area contributed by atoms with Crippen LogP contribution in [0.4, 0.5) is 4.39 Å². The van der Waals surface area contributed by atoms with E-state index in [9.17, 15) is 9.18 Å². The van der Waals surface area contributed by atoms with Gasteiger partial charge in [-0.15, -0.1) is 0 Å². The third kappa shape index (κ3) is 5.08. The maximum absolute atomic E-state index is 13.4. The molecule has 0 saturated carbocycles. The molecule has 0 spiro atoms. The Morgan fingerprint density at radius 3 is 2.60 bits per heavy atom. The normalized spacial score (nSPS) is 14.8. The zero-order valence-corrected chi connectivity index (χ0v) is 17.4. The van der Waals surface area contributed by atoms with E-state index in [-0.39, 0.29) is 11.7 Å². The van der Waals surface area contributed by atoms with Crippen LogP contribution in [0.5, 0.6) is 0 Å². The van der Waals surface area contributed by atoms with Crippen LogP contribution in [0.3, 0.4) is 0 Å². The predicted molar refractivity (Wildman–Crippen MR) is 120 cm³/mol. The van der Waals surface area contributed by atoms with Crippen molar-refractivity contribution in [3.05, 3.63) is 59.9 Å². The number of hydrogen-bond acceptors (Lipinski definition) is 2. The third-order valence-corrected chi connectivity index (χ3v) is 5.97. The van der Waals surface area contributed by atoms with E-state index in [0.29, 0.717) is 12.8 Å². The first kappa shape index (κ1) is 20.6. The lowest BCUT2D eigenvalue weighted by molar-refractivity contribution is -0.121. The van der Waals surface area contributed by atoms with Crippen molar-refractivity contribution in [2.24, 2.45) is 0 Å². The summed E-state index contributed by atoms with van der Waals surface area (Å²) in [7, 11) is 0. The monoisotopic (exact) mass is 407 g/mol. The van der Waals surface area contributed by atoms with E-state index in [4.69, 9.17) is 0 Å². The zero-order chi connectivity index (χ0) is 20.8. The van der Waals surface area contributed by atoms with Gasteiger partial charge in [-0.25, -0.2) is 4.39 Å². The molecule has 1 aliphatic rings. The largest absolute Gasteiger partial charge is 0.356 e. The molecule has 1 saturated heterocycles. The fourth-order valence-corrected chi connectivity index (χ4v) is 4.36. The number of aromatic nitrogens is 1. The predicted octanol–water partition coefficient (Wildman–Crippen LogP) is 4.90. The van der Waals surface area contributed by atoms with Gasteiger partial charge in [-0.3, -0.25) is 4.79 Å². The van der Waals surface area contributed by atoms with Gasteiger partial charge in [0, 0.05) is 29.6 Å². The lowest BCUT2D eigenvalue weighted by Gasteiger charge is -2.26. The van der Waals surface area contributed by atoms with Crippen LogP contribution in [0.2, 0.25) is 0 Å². The Morgan fingerprint density at radius 2 is 1.80 bits per heavy atom. The van der Waals surface area contributed by atoms with Crippen molar-refractivity contribution in [3.63, 3.8) is 0 Å². The third-order valence-electron chi connectivity index (χ3n) is 5.97. The molecule has 2 heterocycles. The average Bonchev–Trinajstić information content (AvgIpc) is 3.15. The number of para-hydroxylation sites is 1. The quantitative estimate of drug-likeness (QED) is 0.522. The van der Waals surface area contributed by atoms with Crippen LogP contribution in [0.1, 0.15) is 37.7 Å². The van der Waals surface area contributed by atoms with Gasteiger partial charge in [0.05, 0.1) is 0 Å². The van der Waals surface area contributed by atoms with Crippen molar-refractivity contribution >= 4 is 16.8 Å². The van der Waals surface area contributed by atoms with E-state index in [1.807, 2.05) is 18.2 Å². The van der Waals surface area contributed by atoms with Crippen LogP contribution in [0.25, 0.3) is 22.2 Å². The summed E-state index contributed by atoms with van der Waals surface area (Å²) < 4.78 is 13.4. The van der Waals surface area contributed by atoms with Crippen LogP contribution in [-0.2, 0) is 11.2 Å². The van der Waals surface area contributed by atoms with Crippen molar-refractivity contribution in [1.82, 2.24) is 15.2 Å². The summed E-state index contributed by atoms with van der Waals surface area (Å²) in [5, 5.41) is 4.19. The number of nitrogens with one attached hydrogen (secondary N) is 2. The highest BCUT2D eigenvalue weighted by Gasteiger charge is 2.15. The molecule has 0 aliphatic carbocycles. The summed E-state index contributed by atoms with van der Waals surface area (Å²) in [4.78, 5) is 18.4. The van der Waals surface area contributed by atoms with Crippen molar-refractivity contribution in [3.8, 4) is 11.3 Å². The van der Waals surface area contributed by atoms with Crippen LogP contribution in [-0.4, -0.2) is 42.0 Å². The summed E-state index contributed by atoms with van der Waals surface area (Å²) in [6.07, 6.45) is 6.04. The lowest BCUT2D eigenvalue weighted by atomic mass is 10.0. The molecule has 3 aromatic rings. The second-order valence-electron chi connectivity index (χ2n) is 8.14. The van der Waals surface area contributed by atoms with Crippen LogP contribution < -0.4 is 5.32 Å². The van der Waals surface area contributed by atoms with Crippen molar-refractivity contribution in [1.29, 1.82) is 0 Å². The van der Waals surface area contributed by atoms with Gasteiger partial charge >= 0.3 is 0 Å². The molecule has 5 heteroatoms. The summed E-state index contributed by atoms with van der Waals surface area (Å²) in [5.74, 6) is -0.163. The van der Waals surface area contributed by atoms with Gasteiger partial charge in [-0.1, -0.05) is 24.6 Å². The minimum absolute atomic E-state index is 0.0870. The van der Waals surface area contributed by atoms with Gasteiger partial charge < -0.3 is 15.2 Å². The number of hydrogen-bond donors (Lipinski definition) is 2. The number of aryl methyl sites for hydroxylation is 1. The van der Waals surface area contributed by atoms with Crippen LogP contribution in [0, 0.1) is 5.82 Å². The highest BCUT2D eigenvalue weighted by atomic mass is 19.1. The molecule has 2 aromatic carbocycles. The lowest BCUT2D eigenvalue weighted by Crippen LogP contribution is -2.33. The van der Waals surface area contributed by atoms with Gasteiger partial charge in [-0.2, -0.15) is 0 Å². The Kier molecular flexibility index (Phi) is 6.80. The number of carbonyl (C=O) groups excluding carboxylic acids is 1. The standard InChI is InChI=1S/C25H30FN3O/c26-20-11-9-19(10-12-20)25-22(21-7-2-3-8-23(21)28-25)13-14-24(30)27-15-6-18-29-16-4-1-5-17-29/h2-3,7-12,28H,1,4-6,13-18H2,(H,27,30). The number of H-pyrrole nitrogens is 1. The molecule has 0 atom stereocenters. The van der Waals surface area contributed by atoms with Gasteiger partial charge in [0.2, 0.25) is 5.91 Å². The number of piperidine rings is 1. The number of nitrogens with zero attached hydrogens (tertiary/aromatic N) is 1. The molecule has 158 valence electrons. The fourth-order valence-electron chi connectivity index (χ4n) is 4.36. The molecule has 1 fully saturated rings. The van der Waals surface area contributed by atoms with Crippen LogP contribution in [0.15, 0.2) is 48.5 Å². The van der Waals surface area contributed by atoms with Crippen molar-refractivity contribution < 1.29 is 9.18 Å². The Morgan fingerprint density at radius 1 is 1.03 bits per heavy atom. The number of fused-ring (bicyclic) bond motifs is 1. The SMILES string of the molecule is O=C(CCc1c(-c2ccc(F)cc2)[nH]c2ccccc12)NCCCN1CCCCC1. The van der Waals surface area contributed by atoms with E-state index < -0.39 is 0 Å². The molecule has 4 nitrogen and oxygen atoms in total. The summed E-state index contributed by atoms with van der Waals surface area (Å²) >= 11 is 0. The second kappa shape index (κ2) is 9.90. The maximum atomic E-state index is 13.4. The smallest absolute Gasteiger partial charge is 0.220 e. The Labute approximate surface area is 177 Å². The Hall–Kier alpha value is -2.66. The van der Waals surface area contributed by atoms with Gasteiger partial charge in [0.25, 0.3) is 0 Å². The molecule has 1 aromatic heterocycles. The highest BCUT2D eigenvalue weighted by molar-refractivity contribution is 5.91. The first-order valence-electron chi connectivity index (χ1n) is 11.1. The minimum Gasteiger partial charge on any atom is -0.356 e. The minimum atomic E-state index is -0.250. The molecule has 1 aliphatic heterocycles. The van der Waals surface area contributed by atoms with Crippen LogP contribution >= 0.6 is 0 Å². The van der Waals surface area contributed by atoms with Crippen molar-refractivity contribution in [2.75, 3.05) is 26.2 Å². The molecular formula is C25H30FN3O. The molecule has 1 amide bonds. The average molecular weight is 408 g/mol. The number of likely N-dealkylation sites (tertiary alicyclic amines) is 1. The first-order valence-corrected chi connectivity index (χ1v) is 11.1. The first-order chi connectivity index (χ1) is 14.7. The summed E-state index contributed by atoms with van der Waals surface area (Å²) in [5.41, 5.74) is 4.05. The number of carbonyl (C=O) groups is 1. The number of halogens is 1. The molecular weight excluding hydrogens is 377 g/mol. The van der Waals surface area contributed by atoms with E-state index in [1.165, 1.54) is 44.5 Å². The second-order valence-corrected chi connectivity index (χ2v) is 8.14. The summed E-state index contributed by atoms with van der Waals surface area (Å²) in [6.45, 7) is 4.19. The highest BCUT2D eigenvalue weighted by Crippen LogP contribution is 2.31. The number of benzene rings is 2. The van der Waals surface area contributed by atoms with E-state index in [1.54, 1.807) is 12.1 Å². The fraction of sp³-hybridized carbons (Fsp3) is 0.400. The zero-order valence-electron chi connectivity index (χ0n) is 17.4. The number of amides is 1. The molecule has 0 unspecified atom stereocenters. The molecule has 4 rings (SSSR count). The van der Waals surface area contributed by atoms with E-state index in [0.717, 1.165) is 47.2 Å². The summed E-state index contributed by atoms with van der Waals surface area (Å²) in [6, 6.07) is 14.6. The maximum Gasteiger partial charge on any atom is 0.220 e. The molecule has 0 bridgehead atoms. The Balaban J connectivity index is 1.36. The van der Waals surface area contributed by atoms with Crippen molar-refractivity contribution in [2.45, 2.75) is 38.5 Å². The molecule has 0 radical (unpaired) electrons. The Bertz CT molecular complexity index is 974. The van der Waals surface area contributed by atoms with E-state index in [2.05, 4.69) is 21.3 Å². The van der Waals surface area contributed by atoms with Gasteiger partial charge in [0.1, 0.15) is 5.82 Å². The van der Waals surface area contributed by atoms with Gasteiger partial charge in [0.15, 0.2) is 0 Å². The topological polar surface area (TPSA) is 48.1 Å². The van der Waals surface area contributed by atoms with E-state index >= 15 is 0 Å².